The van der Waals surface area contributed by atoms with E-state index in [-0.39, 0.29) is 11.7 Å². The van der Waals surface area contributed by atoms with E-state index >= 15 is 0 Å². The van der Waals surface area contributed by atoms with Gasteiger partial charge in [-0.15, -0.1) is 0 Å². The Morgan fingerprint density at radius 2 is 2.29 bits per heavy atom. The highest BCUT2D eigenvalue weighted by molar-refractivity contribution is 5.70. The van der Waals surface area contributed by atoms with Crippen molar-refractivity contribution in [3.05, 3.63) is 24.0 Å². The molecule has 1 rings (SSSR count). The number of aliphatic hydroxyl groups is 1. The zero-order chi connectivity index (χ0) is 10.9. The molecular formula is C10H15NO3. The Morgan fingerprint density at radius 3 is 2.79 bits per heavy atom. The fraction of sp³-hybridized carbons (Fsp3) is 0.500. The van der Waals surface area contributed by atoms with Gasteiger partial charge in [0, 0.05) is 5.92 Å². The van der Waals surface area contributed by atoms with Crippen molar-refractivity contribution in [2.45, 2.75) is 19.4 Å². The molecule has 0 saturated carbocycles. The number of carbonyl (C=O) groups is 1. The van der Waals surface area contributed by atoms with E-state index in [1.165, 1.54) is 6.08 Å². The van der Waals surface area contributed by atoms with Crippen molar-refractivity contribution >= 4 is 5.97 Å². The quantitative estimate of drug-likeness (QED) is 0.618. The molecule has 4 heteroatoms. The molecule has 4 N–H and O–H groups in total. The minimum atomic E-state index is -0.993. The predicted molar refractivity (Wildman–Crippen MR) is 52.7 cm³/mol. The molecule has 78 valence electrons. The molecule has 0 bridgehead atoms. The number of hydrogen-bond acceptors (Lipinski definition) is 3. The summed E-state index contributed by atoms with van der Waals surface area (Å²) in [5.41, 5.74) is 4.88. The number of rotatable bonds is 2. The van der Waals surface area contributed by atoms with Crippen molar-refractivity contribution in [3.8, 4) is 0 Å². The Morgan fingerprint density at radius 1 is 1.71 bits per heavy atom. The number of aliphatic carboxylic acids is 1. The molecule has 0 spiro atoms. The van der Waals surface area contributed by atoms with E-state index < -0.39 is 17.4 Å². The lowest BCUT2D eigenvalue weighted by molar-refractivity contribution is -0.143. The van der Waals surface area contributed by atoms with Crippen LogP contribution in [0.5, 0.6) is 0 Å². The second-order valence-electron chi connectivity index (χ2n) is 3.87. The number of carboxylic acids is 1. The average molecular weight is 197 g/mol. The maximum atomic E-state index is 10.8. The predicted octanol–water partition coefficient (Wildman–Crippen LogP) is 1.05. The van der Waals surface area contributed by atoms with Gasteiger partial charge >= 0.3 is 5.97 Å². The highest BCUT2D eigenvalue weighted by atomic mass is 16.4. The number of aliphatic hydroxyl groups excluding tert-OH is 1. The average Bonchev–Trinajstić information content (AvgIpc) is 2.08. The summed E-state index contributed by atoms with van der Waals surface area (Å²) in [5, 5.41) is 18.4. The van der Waals surface area contributed by atoms with E-state index in [0.29, 0.717) is 0 Å². The first kappa shape index (κ1) is 10.8. The number of hydrogen-bond donors (Lipinski definition) is 3. The Balaban J connectivity index is 2.97. The fourth-order valence-corrected chi connectivity index (χ4v) is 1.66. The second-order valence-corrected chi connectivity index (χ2v) is 3.87. The molecule has 0 saturated heterocycles. The summed E-state index contributed by atoms with van der Waals surface area (Å²) >= 11 is 0. The van der Waals surface area contributed by atoms with Gasteiger partial charge in [-0.3, -0.25) is 4.79 Å². The lowest BCUT2D eigenvalue weighted by atomic mass is 9.74. The third-order valence-electron chi connectivity index (χ3n) is 2.75. The van der Waals surface area contributed by atoms with Crippen LogP contribution in [0.15, 0.2) is 24.0 Å². The van der Waals surface area contributed by atoms with Gasteiger partial charge in [-0.2, -0.15) is 0 Å². The smallest absolute Gasteiger partial charge is 0.306 e. The van der Waals surface area contributed by atoms with E-state index in [1.807, 2.05) is 0 Å². The summed E-state index contributed by atoms with van der Waals surface area (Å²) in [6, 6.07) is 0. The molecule has 0 aromatic heterocycles. The lowest BCUT2D eigenvalue weighted by Crippen LogP contribution is -2.50. The van der Waals surface area contributed by atoms with E-state index in [4.69, 9.17) is 10.8 Å². The van der Waals surface area contributed by atoms with Crippen LogP contribution in [0.3, 0.4) is 0 Å². The maximum Gasteiger partial charge on any atom is 0.306 e. The zero-order valence-corrected chi connectivity index (χ0v) is 8.27. The Hall–Kier alpha value is -1.29. The van der Waals surface area contributed by atoms with Crippen molar-refractivity contribution in [1.29, 1.82) is 0 Å². The molecule has 14 heavy (non-hydrogen) atoms. The summed E-state index contributed by atoms with van der Waals surface area (Å²) in [5.74, 6) is -1.88. The third-order valence-corrected chi connectivity index (χ3v) is 2.75. The van der Waals surface area contributed by atoms with Crippen LogP contribution in [0.25, 0.3) is 0 Å². The second kappa shape index (κ2) is 3.46. The van der Waals surface area contributed by atoms with Crippen molar-refractivity contribution in [1.82, 2.24) is 0 Å². The molecule has 4 nitrogen and oxygen atoms in total. The molecule has 2 unspecified atom stereocenters. The van der Waals surface area contributed by atoms with Gasteiger partial charge < -0.3 is 15.9 Å². The Labute approximate surface area is 82.7 Å². The molecule has 0 aliphatic heterocycles. The van der Waals surface area contributed by atoms with Gasteiger partial charge in [0.2, 0.25) is 0 Å². The van der Waals surface area contributed by atoms with Gasteiger partial charge in [-0.1, -0.05) is 19.1 Å². The molecule has 3 atom stereocenters. The number of carboxylic acid groups (broad SMARTS) is 1. The van der Waals surface area contributed by atoms with Crippen LogP contribution < -0.4 is 5.73 Å². The van der Waals surface area contributed by atoms with Gasteiger partial charge in [0.1, 0.15) is 5.76 Å². The van der Waals surface area contributed by atoms with Crippen molar-refractivity contribution in [2.75, 3.05) is 0 Å². The van der Waals surface area contributed by atoms with Crippen LogP contribution in [0.1, 0.15) is 13.8 Å². The molecular weight excluding hydrogens is 182 g/mol. The zero-order valence-electron chi connectivity index (χ0n) is 8.27. The number of allylic oxidation sites excluding steroid dienone is 2. The van der Waals surface area contributed by atoms with Crippen LogP contribution >= 0.6 is 0 Å². The monoisotopic (exact) mass is 197 g/mol. The standard InChI is InChI=1S/C10H15NO3/c1-6(9(13)14)7-4-3-5-8(12)10(7,2)11/h3-7,12H,11H2,1-2H3,(H,13,14)/t6-,7?,10?/m0/s1. The normalized spacial score (nSPS) is 33.6. The molecule has 0 aromatic rings. The third kappa shape index (κ3) is 1.65. The van der Waals surface area contributed by atoms with Crippen LogP contribution in [0, 0.1) is 11.8 Å². The largest absolute Gasteiger partial charge is 0.510 e. The SMILES string of the molecule is C[C@H](C(=O)O)C1C=CC=C(O)C1(C)N. The fourth-order valence-electron chi connectivity index (χ4n) is 1.66. The lowest BCUT2D eigenvalue weighted by Gasteiger charge is -2.35. The van der Waals surface area contributed by atoms with Gasteiger partial charge in [0.25, 0.3) is 0 Å². The molecule has 0 amide bonds. The van der Waals surface area contributed by atoms with E-state index in [1.54, 1.807) is 26.0 Å². The van der Waals surface area contributed by atoms with E-state index in [9.17, 15) is 9.90 Å². The topological polar surface area (TPSA) is 83.5 Å². The van der Waals surface area contributed by atoms with Crippen LogP contribution in [-0.4, -0.2) is 21.7 Å². The van der Waals surface area contributed by atoms with Crippen molar-refractivity contribution < 1.29 is 15.0 Å². The van der Waals surface area contributed by atoms with Crippen LogP contribution in [0.2, 0.25) is 0 Å². The molecule has 0 radical (unpaired) electrons. The first-order valence-corrected chi connectivity index (χ1v) is 4.47. The Kier molecular flexibility index (Phi) is 2.66. The summed E-state index contributed by atoms with van der Waals surface area (Å²) < 4.78 is 0. The highest BCUT2D eigenvalue weighted by Gasteiger charge is 2.39. The summed E-state index contributed by atoms with van der Waals surface area (Å²) in [6.45, 7) is 3.22. The summed E-state index contributed by atoms with van der Waals surface area (Å²) in [4.78, 5) is 10.8. The van der Waals surface area contributed by atoms with E-state index in [0.717, 1.165) is 0 Å². The highest BCUT2D eigenvalue weighted by Crippen LogP contribution is 2.32. The van der Waals surface area contributed by atoms with Crippen LogP contribution in [-0.2, 0) is 4.79 Å². The molecule has 0 fully saturated rings. The van der Waals surface area contributed by atoms with Crippen LogP contribution in [0.4, 0.5) is 0 Å². The van der Waals surface area contributed by atoms with Gasteiger partial charge in [-0.05, 0) is 13.0 Å². The maximum absolute atomic E-state index is 10.8. The first-order valence-electron chi connectivity index (χ1n) is 4.47. The molecule has 1 aliphatic rings. The molecule has 0 aromatic carbocycles. The van der Waals surface area contributed by atoms with Crippen molar-refractivity contribution in [2.24, 2.45) is 17.6 Å². The summed E-state index contributed by atoms with van der Waals surface area (Å²) in [7, 11) is 0. The van der Waals surface area contributed by atoms with Gasteiger partial charge in [0.05, 0.1) is 11.5 Å². The van der Waals surface area contributed by atoms with E-state index in [2.05, 4.69) is 0 Å². The molecule has 0 heterocycles. The minimum absolute atomic E-state index is 0.0260. The Bertz CT molecular complexity index is 304. The summed E-state index contributed by atoms with van der Waals surface area (Å²) in [6.07, 6.45) is 4.84. The van der Waals surface area contributed by atoms with Gasteiger partial charge in [0.15, 0.2) is 0 Å². The first-order chi connectivity index (χ1) is 6.37. The van der Waals surface area contributed by atoms with Crippen molar-refractivity contribution in [3.63, 3.8) is 0 Å². The minimum Gasteiger partial charge on any atom is -0.510 e. The van der Waals surface area contributed by atoms with Gasteiger partial charge in [-0.25, -0.2) is 0 Å². The number of nitrogens with two attached hydrogens (primary N) is 1. The molecule has 1 aliphatic carbocycles.